The first-order valence-corrected chi connectivity index (χ1v) is 20.1. The summed E-state index contributed by atoms with van der Waals surface area (Å²) in [4.78, 5) is 0. The van der Waals surface area contributed by atoms with Crippen LogP contribution in [0, 0.1) is 0 Å². The predicted molar refractivity (Wildman–Crippen MR) is 264 cm³/mol. The lowest BCUT2D eigenvalue weighted by molar-refractivity contribution is 0.482. The molecule has 0 unspecified atom stereocenters. The summed E-state index contributed by atoms with van der Waals surface area (Å²) in [6.07, 6.45) is 0. The Morgan fingerprint density at radius 1 is 0.379 bits per heavy atom. The highest BCUT2D eigenvalue weighted by Gasteiger charge is 2.25. The summed E-state index contributed by atoms with van der Waals surface area (Å²) in [6, 6.07) is 50.4. The van der Waals surface area contributed by atoms with Crippen LogP contribution in [0.15, 0.2) is 144 Å². The summed E-state index contributed by atoms with van der Waals surface area (Å²) < 4.78 is 11.4. The van der Waals surface area contributed by atoms with E-state index in [1.54, 1.807) is 0 Å². The maximum Gasteiger partial charge on any atom is 0.143 e. The summed E-state index contributed by atoms with van der Waals surface area (Å²) in [5.41, 5.74) is 19.5. The second kappa shape index (κ2) is 12.7. The quantitative estimate of drug-likeness (QED) is 0.283. The first-order chi connectivity index (χ1) is 28.2. The van der Waals surface area contributed by atoms with Crippen molar-refractivity contribution in [1.29, 1.82) is 0 Å². The molecule has 0 amide bonds. The predicted octanol–water partition coefficient (Wildman–Crippen LogP) is 2.37. The van der Waals surface area contributed by atoms with Crippen molar-refractivity contribution in [2.24, 2.45) is 0 Å². The molecule has 0 saturated carbocycles. The zero-order chi connectivity index (χ0) is 39.6. The molecule has 0 atom stereocenters. The van der Waals surface area contributed by atoms with Crippen molar-refractivity contribution in [3.05, 3.63) is 140 Å². The lowest BCUT2D eigenvalue weighted by atomic mass is 9.65. The number of aromatic hydroxyl groups is 1. The van der Waals surface area contributed by atoms with Crippen LogP contribution in [0.5, 0.6) is 5.75 Å². The molecule has 0 radical (unpaired) electrons. The van der Waals surface area contributed by atoms with Crippen LogP contribution in [0.3, 0.4) is 0 Å². The van der Waals surface area contributed by atoms with E-state index in [9.17, 15) is 5.11 Å². The maximum atomic E-state index is 11.9. The number of phenols is 1. The molecule has 0 saturated heterocycles. The highest BCUT2D eigenvalue weighted by atomic mass is 16.3. The van der Waals surface area contributed by atoms with Gasteiger partial charge in [-0.3, -0.25) is 0 Å². The molecule has 268 valence electrons. The van der Waals surface area contributed by atoms with Crippen molar-refractivity contribution in [3.63, 3.8) is 0 Å². The summed E-state index contributed by atoms with van der Waals surface area (Å²) in [5.74, 6) is 0.308. The second-order valence-electron chi connectivity index (χ2n) is 16.0. The Morgan fingerprint density at radius 3 is 1.41 bits per heavy atom. The van der Waals surface area contributed by atoms with Gasteiger partial charge >= 0.3 is 0 Å². The largest absolute Gasteiger partial charge is 0.508 e. The number of hydrogen-bond donors (Lipinski definition) is 1. The van der Waals surface area contributed by atoms with Crippen LogP contribution in [0.1, 0.15) is 0 Å². The third-order valence-electron chi connectivity index (χ3n) is 13.2. The van der Waals surface area contributed by atoms with Crippen molar-refractivity contribution in [1.82, 2.24) is 9.13 Å². The Balaban J connectivity index is 1.06. The lowest BCUT2D eigenvalue weighted by Crippen LogP contribution is -2.47. The Bertz CT molecular complexity index is 3530. The van der Waals surface area contributed by atoms with Crippen LogP contribution in [-0.4, -0.2) is 61.3 Å². The van der Waals surface area contributed by atoms with Crippen molar-refractivity contribution in [2.45, 2.75) is 0 Å². The van der Waals surface area contributed by atoms with Gasteiger partial charge in [-0.15, -0.1) is 5.46 Å². The summed E-state index contributed by atoms with van der Waals surface area (Å²) in [7, 11) is 12.7. The Hall–Kier alpha value is -6.65. The molecular weight excluding hydrogens is 701 g/mol. The molecule has 11 aromatic rings. The molecule has 3 aromatic heterocycles. The van der Waals surface area contributed by atoms with Gasteiger partial charge in [0.15, 0.2) is 0 Å². The zero-order valence-electron chi connectivity index (χ0n) is 33.5. The molecule has 0 spiro atoms. The van der Waals surface area contributed by atoms with E-state index < -0.39 is 0 Å². The fraction of sp³-hybridized carbons (Fsp3) is 0. The van der Waals surface area contributed by atoms with E-state index in [1.165, 1.54) is 60.1 Å². The smallest absolute Gasteiger partial charge is 0.143 e. The molecule has 1 N–H and O–H groups in total. The van der Waals surface area contributed by atoms with Gasteiger partial charge in [0.25, 0.3) is 0 Å². The molecule has 10 heteroatoms. The average Bonchev–Trinajstić information content (AvgIpc) is 3.93. The van der Waals surface area contributed by atoms with E-state index in [0.717, 1.165) is 71.9 Å². The Labute approximate surface area is 341 Å². The Kier molecular flexibility index (Phi) is 7.56. The molecule has 11 rings (SSSR count). The molecule has 8 aromatic carbocycles. The molecule has 3 heterocycles. The van der Waals surface area contributed by atoms with Gasteiger partial charge in [0.1, 0.15) is 64.0 Å². The van der Waals surface area contributed by atoms with Crippen molar-refractivity contribution in [2.75, 3.05) is 0 Å². The molecule has 4 nitrogen and oxygen atoms in total. The zero-order valence-corrected chi connectivity index (χ0v) is 33.5. The number of hydrogen-bond acceptors (Lipinski definition) is 2. The summed E-state index contributed by atoms with van der Waals surface area (Å²) >= 11 is 0. The fourth-order valence-electron chi connectivity index (χ4n) is 9.63. The minimum atomic E-state index is 0.308. The van der Waals surface area contributed by atoms with Crippen LogP contribution < -0.4 is 32.8 Å². The van der Waals surface area contributed by atoms with E-state index in [0.29, 0.717) is 5.75 Å². The number of aromatic nitrogens is 2. The van der Waals surface area contributed by atoms with Crippen LogP contribution in [0.25, 0.3) is 99.2 Å². The molecule has 0 aliphatic carbocycles. The van der Waals surface area contributed by atoms with Crippen LogP contribution >= 0.6 is 0 Å². The maximum absolute atomic E-state index is 11.9. The first-order valence-electron chi connectivity index (χ1n) is 20.1. The van der Waals surface area contributed by atoms with Crippen LogP contribution in [0.4, 0.5) is 0 Å². The van der Waals surface area contributed by atoms with Gasteiger partial charge in [-0.25, -0.2) is 0 Å². The topological polar surface area (TPSA) is 43.2 Å². The number of fused-ring (bicyclic) bond motifs is 9. The van der Waals surface area contributed by atoms with Gasteiger partial charge in [-0.1, -0.05) is 95.3 Å². The first kappa shape index (κ1) is 34.6. The molecule has 0 aliphatic rings. The number of furan rings is 1. The number of rotatable bonds is 4. The monoisotopic (exact) mass is 738 g/mol. The lowest BCUT2D eigenvalue weighted by Gasteiger charge is -2.15. The third kappa shape index (κ3) is 4.78. The van der Waals surface area contributed by atoms with Gasteiger partial charge in [-0.05, 0) is 88.3 Å². The number of nitrogens with zero attached hydrogens (tertiary/aromatic N) is 2. The van der Waals surface area contributed by atoms with Gasteiger partial charge < -0.3 is 18.7 Å². The number of phenolic OH excluding ortho intramolecular Hbond substituents is 1. The molecule has 0 fully saturated rings. The van der Waals surface area contributed by atoms with Crippen molar-refractivity contribution < 1.29 is 9.52 Å². The van der Waals surface area contributed by atoms with Crippen molar-refractivity contribution in [3.8, 4) is 39.4 Å². The van der Waals surface area contributed by atoms with Crippen LogP contribution in [-0.2, 0) is 0 Å². The second-order valence-corrected chi connectivity index (χ2v) is 16.0. The van der Waals surface area contributed by atoms with Crippen molar-refractivity contribution >= 4 is 145 Å². The molecule has 58 heavy (non-hydrogen) atoms. The SMILES string of the molecule is Bc1c(B)c(B)c2c(oc3c(B)c(B)c(O)c(-c4ccc(-n5c6ccccc6c6cc(-c7ccc8c(c7)c7ccccc7n8-c7ccccc7)ccc65)cc4)c32)c1B. The van der Waals surface area contributed by atoms with E-state index in [2.05, 4.69) is 180 Å². The highest BCUT2D eigenvalue weighted by Crippen LogP contribution is 2.41. The normalized spacial score (nSPS) is 11.9. The van der Waals surface area contributed by atoms with Gasteiger partial charge in [-0.2, -0.15) is 0 Å². The van der Waals surface area contributed by atoms with Gasteiger partial charge in [0, 0.05) is 49.3 Å². The van der Waals surface area contributed by atoms with E-state index in [1.807, 2.05) is 15.7 Å². The Morgan fingerprint density at radius 2 is 0.828 bits per heavy atom. The van der Waals surface area contributed by atoms with E-state index in [4.69, 9.17) is 4.42 Å². The van der Waals surface area contributed by atoms with Crippen LogP contribution in [0.2, 0.25) is 0 Å². The molecule has 0 aliphatic heterocycles. The number of benzene rings is 8. The third-order valence-corrected chi connectivity index (χ3v) is 13.2. The minimum absolute atomic E-state index is 0.308. The van der Waals surface area contributed by atoms with Gasteiger partial charge in [0.05, 0.1) is 22.1 Å². The summed E-state index contributed by atoms with van der Waals surface area (Å²) in [6.45, 7) is 0. The van der Waals surface area contributed by atoms with Gasteiger partial charge in [0.2, 0.25) is 0 Å². The minimum Gasteiger partial charge on any atom is -0.508 e. The number of para-hydroxylation sites is 3. The standard InChI is InChI=1S/C48H36B6N2O2/c49-40-39-38-37(46(57)43(52)45(54)47(38)58-48(39)44(53)42(51)41(40)50)24-14-18-28(19-15-24)56-34-13-7-5-11-30(34)32-23-26(17-21-36(32)56)25-16-20-35-31(22-25)29-10-4-6-12-33(29)55(35)27-8-2-1-3-9-27/h1-23,57H,49-54H2. The summed E-state index contributed by atoms with van der Waals surface area (Å²) in [5, 5.41) is 18.8. The molecular formula is C48H36B6N2O2. The average molecular weight is 738 g/mol. The van der Waals surface area contributed by atoms with E-state index >= 15 is 0 Å². The molecule has 0 bridgehead atoms. The fourth-order valence-corrected chi connectivity index (χ4v) is 9.63. The van der Waals surface area contributed by atoms with E-state index in [-0.39, 0.29) is 0 Å². The highest BCUT2D eigenvalue weighted by molar-refractivity contribution is 6.67.